The summed E-state index contributed by atoms with van der Waals surface area (Å²) < 4.78 is 5.40. The fraction of sp³-hybridized carbons (Fsp3) is 0.227. The Morgan fingerprint density at radius 1 is 1.11 bits per heavy atom. The van der Waals surface area contributed by atoms with Crippen LogP contribution in [0.1, 0.15) is 55.6 Å². The minimum atomic E-state index is -0.534. The normalized spacial score (nSPS) is 15.9. The molecule has 4 rings (SSSR count). The first-order valence-electron chi connectivity index (χ1n) is 9.14. The first-order valence-corrected chi connectivity index (χ1v) is 9.14. The maximum atomic E-state index is 12.6. The topological polar surface area (TPSA) is 92.2 Å². The smallest absolute Gasteiger partial charge is 0.261 e. The minimum absolute atomic E-state index is 0.0678. The Morgan fingerprint density at radius 2 is 1.93 bits per heavy atom. The molecule has 0 saturated heterocycles. The third-order valence-electron chi connectivity index (χ3n) is 5.26. The molecule has 28 heavy (non-hydrogen) atoms. The van der Waals surface area contributed by atoms with E-state index in [9.17, 15) is 14.4 Å². The van der Waals surface area contributed by atoms with E-state index in [0.29, 0.717) is 23.4 Å². The summed E-state index contributed by atoms with van der Waals surface area (Å²) in [6, 6.07) is 10.5. The molecule has 142 valence electrons. The largest absolute Gasteiger partial charge is 0.469 e. The molecule has 0 fully saturated rings. The van der Waals surface area contributed by atoms with Gasteiger partial charge in [-0.15, -0.1) is 0 Å². The molecule has 6 heteroatoms. The number of aromatic nitrogens is 1. The standard InChI is InChI=1S/C22H20N2O4/c1-12-5-6-15(8-13(12)2)23-21(26)17-11-16-18(24-22(17)27)9-14(10-19(16)25)20-4-3-7-28-20/h3-8,11,14H,9-10H2,1-2H3,(H,23,26)(H,24,27)/t14-/m1/s1. The summed E-state index contributed by atoms with van der Waals surface area (Å²) in [5, 5.41) is 2.73. The van der Waals surface area contributed by atoms with Gasteiger partial charge >= 0.3 is 0 Å². The number of carbonyl (C=O) groups is 2. The van der Waals surface area contributed by atoms with Gasteiger partial charge in [0, 0.05) is 29.3 Å². The quantitative estimate of drug-likeness (QED) is 0.728. The lowest BCUT2D eigenvalue weighted by Gasteiger charge is -2.22. The van der Waals surface area contributed by atoms with Crippen LogP contribution in [0, 0.1) is 13.8 Å². The number of H-pyrrole nitrogens is 1. The maximum absolute atomic E-state index is 12.6. The molecule has 6 nitrogen and oxygen atoms in total. The van der Waals surface area contributed by atoms with Gasteiger partial charge in [0.25, 0.3) is 11.5 Å². The maximum Gasteiger partial charge on any atom is 0.261 e. The van der Waals surface area contributed by atoms with E-state index in [2.05, 4.69) is 10.3 Å². The molecule has 0 bridgehead atoms. The molecule has 2 N–H and O–H groups in total. The summed E-state index contributed by atoms with van der Waals surface area (Å²) in [5.41, 5.74) is 3.12. The van der Waals surface area contributed by atoms with Crippen LogP contribution in [0.5, 0.6) is 0 Å². The molecule has 0 unspecified atom stereocenters. The highest BCUT2D eigenvalue weighted by Gasteiger charge is 2.30. The number of carbonyl (C=O) groups excluding carboxylic acids is 2. The number of anilines is 1. The number of amides is 1. The van der Waals surface area contributed by atoms with Crippen molar-refractivity contribution in [3.05, 3.63) is 86.7 Å². The van der Waals surface area contributed by atoms with Crippen LogP contribution in [0.3, 0.4) is 0 Å². The molecule has 0 spiro atoms. The minimum Gasteiger partial charge on any atom is -0.469 e. The molecule has 1 aliphatic carbocycles. The van der Waals surface area contributed by atoms with E-state index in [4.69, 9.17) is 4.42 Å². The molecular formula is C22H20N2O4. The molecule has 1 aromatic carbocycles. The molecule has 1 atom stereocenters. The van der Waals surface area contributed by atoms with Crippen molar-refractivity contribution in [2.24, 2.45) is 0 Å². The second-order valence-electron chi connectivity index (χ2n) is 7.20. The number of benzene rings is 1. The van der Waals surface area contributed by atoms with Crippen LogP contribution in [0.4, 0.5) is 5.69 Å². The average Bonchev–Trinajstić information content (AvgIpc) is 3.19. The van der Waals surface area contributed by atoms with Gasteiger partial charge in [-0.1, -0.05) is 6.07 Å². The number of furan rings is 1. The van der Waals surface area contributed by atoms with Gasteiger partial charge in [-0.05, 0) is 61.7 Å². The number of nitrogens with one attached hydrogen (secondary N) is 2. The number of hydrogen-bond donors (Lipinski definition) is 2. The summed E-state index contributed by atoms with van der Waals surface area (Å²) in [6.07, 6.45) is 2.34. The number of aromatic amines is 1. The molecule has 2 aromatic heterocycles. The molecule has 0 saturated carbocycles. The van der Waals surface area contributed by atoms with Gasteiger partial charge in [0.1, 0.15) is 11.3 Å². The van der Waals surface area contributed by atoms with Crippen LogP contribution in [0.2, 0.25) is 0 Å². The zero-order chi connectivity index (χ0) is 19.8. The van der Waals surface area contributed by atoms with Crippen LogP contribution >= 0.6 is 0 Å². The van der Waals surface area contributed by atoms with Crippen molar-refractivity contribution in [1.82, 2.24) is 4.98 Å². The Morgan fingerprint density at radius 3 is 2.64 bits per heavy atom. The SMILES string of the molecule is Cc1ccc(NC(=O)c2cc3c([nH]c2=O)C[C@@H](c2ccco2)CC3=O)cc1C. The summed E-state index contributed by atoms with van der Waals surface area (Å²) >= 11 is 0. The number of Topliss-reactive ketones (excluding diaryl/α,β-unsaturated/α-hetero) is 1. The van der Waals surface area contributed by atoms with Crippen molar-refractivity contribution < 1.29 is 14.0 Å². The summed E-state index contributed by atoms with van der Waals surface area (Å²) in [6.45, 7) is 3.93. The van der Waals surface area contributed by atoms with Gasteiger partial charge in [0.05, 0.1) is 6.26 Å². The molecule has 2 heterocycles. The third kappa shape index (κ3) is 3.29. The van der Waals surface area contributed by atoms with E-state index in [1.807, 2.05) is 32.0 Å². The Labute approximate surface area is 161 Å². The van der Waals surface area contributed by atoms with Gasteiger partial charge in [-0.2, -0.15) is 0 Å². The number of rotatable bonds is 3. The molecule has 1 amide bonds. The van der Waals surface area contributed by atoms with E-state index in [1.54, 1.807) is 18.4 Å². The molecule has 0 aliphatic heterocycles. The number of fused-ring (bicyclic) bond motifs is 1. The number of hydrogen-bond acceptors (Lipinski definition) is 4. The second-order valence-corrected chi connectivity index (χ2v) is 7.20. The van der Waals surface area contributed by atoms with Crippen LogP contribution < -0.4 is 10.9 Å². The van der Waals surface area contributed by atoms with Gasteiger partial charge in [-0.3, -0.25) is 14.4 Å². The molecule has 1 aliphatic rings. The van der Waals surface area contributed by atoms with Crippen LogP contribution in [-0.2, 0) is 6.42 Å². The van der Waals surface area contributed by atoms with Crippen molar-refractivity contribution in [3.63, 3.8) is 0 Å². The van der Waals surface area contributed by atoms with E-state index >= 15 is 0 Å². The Hall–Kier alpha value is -3.41. The predicted molar refractivity (Wildman–Crippen MR) is 105 cm³/mol. The van der Waals surface area contributed by atoms with Gasteiger partial charge < -0.3 is 14.7 Å². The highest BCUT2D eigenvalue weighted by Crippen LogP contribution is 2.31. The predicted octanol–water partition coefficient (Wildman–Crippen LogP) is 3.75. The Kier molecular flexibility index (Phi) is 4.47. The summed E-state index contributed by atoms with van der Waals surface area (Å²) in [7, 11) is 0. The van der Waals surface area contributed by atoms with Crippen molar-refractivity contribution in [2.75, 3.05) is 5.32 Å². The molecule has 0 radical (unpaired) electrons. The van der Waals surface area contributed by atoms with Crippen LogP contribution in [0.15, 0.2) is 51.9 Å². The van der Waals surface area contributed by atoms with E-state index < -0.39 is 11.5 Å². The van der Waals surface area contributed by atoms with Crippen LogP contribution in [-0.4, -0.2) is 16.7 Å². The van der Waals surface area contributed by atoms with Crippen molar-refractivity contribution >= 4 is 17.4 Å². The fourth-order valence-electron chi connectivity index (χ4n) is 3.54. The van der Waals surface area contributed by atoms with Gasteiger partial charge in [0.15, 0.2) is 5.78 Å². The second kappa shape index (κ2) is 6.96. The Balaban J connectivity index is 1.62. The average molecular weight is 376 g/mol. The monoisotopic (exact) mass is 376 g/mol. The van der Waals surface area contributed by atoms with Crippen LogP contribution in [0.25, 0.3) is 0 Å². The highest BCUT2D eigenvalue weighted by molar-refractivity contribution is 6.06. The van der Waals surface area contributed by atoms with Gasteiger partial charge in [0.2, 0.25) is 0 Å². The Bertz CT molecular complexity index is 1130. The summed E-state index contributed by atoms with van der Waals surface area (Å²) in [5.74, 6) is -0.0374. The van der Waals surface area contributed by atoms with E-state index in [0.717, 1.165) is 16.9 Å². The van der Waals surface area contributed by atoms with E-state index in [-0.39, 0.29) is 23.7 Å². The molecule has 3 aromatic rings. The molecular weight excluding hydrogens is 356 g/mol. The van der Waals surface area contributed by atoms with E-state index in [1.165, 1.54) is 6.07 Å². The lowest BCUT2D eigenvalue weighted by atomic mass is 9.84. The number of pyridine rings is 1. The highest BCUT2D eigenvalue weighted by atomic mass is 16.3. The lowest BCUT2D eigenvalue weighted by molar-refractivity contribution is 0.0959. The zero-order valence-corrected chi connectivity index (χ0v) is 15.7. The zero-order valence-electron chi connectivity index (χ0n) is 15.7. The first kappa shape index (κ1) is 18.0. The fourth-order valence-corrected chi connectivity index (χ4v) is 3.54. The van der Waals surface area contributed by atoms with Crippen molar-refractivity contribution in [1.29, 1.82) is 0 Å². The number of ketones is 1. The summed E-state index contributed by atoms with van der Waals surface area (Å²) in [4.78, 5) is 40.5. The lowest BCUT2D eigenvalue weighted by Crippen LogP contribution is -2.29. The van der Waals surface area contributed by atoms with Gasteiger partial charge in [-0.25, -0.2) is 0 Å². The third-order valence-corrected chi connectivity index (χ3v) is 5.26. The number of aryl methyl sites for hydroxylation is 2. The van der Waals surface area contributed by atoms with Crippen molar-refractivity contribution in [2.45, 2.75) is 32.6 Å². The first-order chi connectivity index (χ1) is 13.4. The van der Waals surface area contributed by atoms with Crippen molar-refractivity contribution in [3.8, 4) is 0 Å².